The minimum atomic E-state index is -0.237. The number of methoxy groups -OCH3 is 1. The highest BCUT2D eigenvalue weighted by atomic mass is 35.5. The van der Waals surface area contributed by atoms with E-state index in [-0.39, 0.29) is 17.2 Å². The standard InChI is InChI=1S/C23H22ClN3O3S2/c1-14-10-18-21(32-14)22(29)27(12-15-6-4-3-5-7-15)23(26-18)31-13-20(28)25-17-11-16(24)8-9-19(17)30-2/h3-9,11,14H,10,12-13H2,1-2H3,(H,25,28)/t14-/m1/s1. The Morgan fingerprint density at radius 3 is 2.84 bits per heavy atom. The van der Waals surface area contributed by atoms with Gasteiger partial charge in [0.05, 0.1) is 35.7 Å². The molecule has 9 heteroatoms. The van der Waals surface area contributed by atoms with Crippen LogP contribution in [0, 0.1) is 0 Å². The van der Waals surface area contributed by atoms with Gasteiger partial charge in [0.25, 0.3) is 5.56 Å². The Bertz CT molecular complexity index is 1200. The molecule has 0 saturated heterocycles. The lowest BCUT2D eigenvalue weighted by Crippen LogP contribution is -2.26. The molecule has 1 aliphatic heterocycles. The summed E-state index contributed by atoms with van der Waals surface area (Å²) in [5.41, 5.74) is 2.27. The molecule has 4 rings (SSSR count). The number of anilines is 1. The number of halogens is 1. The van der Waals surface area contributed by atoms with Gasteiger partial charge in [0.1, 0.15) is 5.75 Å². The highest BCUT2D eigenvalue weighted by molar-refractivity contribution is 8.00. The van der Waals surface area contributed by atoms with Crippen molar-refractivity contribution < 1.29 is 9.53 Å². The summed E-state index contributed by atoms with van der Waals surface area (Å²) in [7, 11) is 1.53. The van der Waals surface area contributed by atoms with Crippen LogP contribution in [0.1, 0.15) is 18.2 Å². The van der Waals surface area contributed by atoms with Gasteiger partial charge in [-0.25, -0.2) is 4.98 Å². The fraction of sp³-hybridized carbons (Fsp3) is 0.261. The highest BCUT2D eigenvalue weighted by Gasteiger charge is 2.26. The van der Waals surface area contributed by atoms with E-state index in [1.54, 1.807) is 34.5 Å². The monoisotopic (exact) mass is 487 g/mol. The third-order valence-electron chi connectivity index (χ3n) is 4.91. The molecule has 0 saturated carbocycles. The zero-order valence-corrected chi connectivity index (χ0v) is 20.0. The molecular formula is C23H22ClN3O3S2. The average molecular weight is 488 g/mol. The van der Waals surface area contributed by atoms with Gasteiger partial charge in [0.2, 0.25) is 5.91 Å². The summed E-state index contributed by atoms with van der Waals surface area (Å²) in [5, 5.41) is 4.18. The number of fused-ring (bicyclic) bond motifs is 1. The smallest absolute Gasteiger partial charge is 0.268 e. The van der Waals surface area contributed by atoms with Crippen LogP contribution in [0.5, 0.6) is 5.75 Å². The fourth-order valence-electron chi connectivity index (χ4n) is 3.44. The number of aromatic nitrogens is 2. The largest absolute Gasteiger partial charge is 0.495 e. The minimum absolute atomic E-state index is 0.0485. The van der Waals surface area contributed by atoms with Gasteiger partial charge in [0.15, 0.2) is 5.16 Å². The molecule has 0 bridgehead atoms. The Morgan fingerprint density at radius 1 is 1.31 bits per heavy atom. The fourth-order valence-corrected chi connectivity index (χ4v) is 5.54. The third-order valence-corrected chi connectivity index (χ3v) is 7.34. The number of ether oxygens (including phenoxy) is 1. The van der Waals surface area contributed by atoms with Gasteiger partial charge in [-0.2, -0.15) is 0 Å². The number of rotatable bonds is 7. The average Bonchev–Trinajstić information content (AvgIpc) is 3.16. The predicted octanol–water partition coefficient (Wildman–Crippen LogP) is 4.72. The van der Waals surface area contributed by atoms with Gasteiger partial charge in [-0.3, -0.25) is 14.2 Å². The van der Waals surface area contributed by atoms with Crippen molar-refractivity contribution in [2.45, 2.75) is 35.2 Å². The molecule has 0 unspecified atom stereocenters. The first-order valence-electron chi connectivity index (χ1n) is 10.0. The van der Waals surface area contributed by atoms with Crippen LogP contribution in [-0.4, -0.2) is 33.6 Å². The Hall–Kier alpha value is -2.42. The van der Waals surface area contributed by atoms with Crippen molar-refractivity contribution in [2.24, 2.45) is 0 Å². The first-order chi connectivity index (χ1) is 15.4. The van der Waals surface area contributed by atoms with Gasteiger partial charge in [-0.05, 0) is 23.8 Å². The third kappa shape index (κ3) is 5.14. The Morgan fingerprint density at radius 2 is 2.09 bits per heavy atom. The number of nitrogens with zero attached hydrogens (tertiary/aromatic N) is 2. The predicted molar refractivity (Wildman–Crippen MR) is 130 cm³/mol. The van der Waals surface area contributed by atoms with Crippen molar-refractivity contribution in [3.63, 3.8) is 0 Å². The first-order valence-corrected chi connectivity index (χ1v) is 12.3. The number of carbonyl (C=O) groups excluding carboxylic acids is 1. The van der Waals surface area contributed by atoms with Crippen molar-refractivity contribution in [3.05, 3.63) is 75.2 Å². The molecule has 2 heterocycles. The maximum atomic E-state index is 13.2. The van der Waals surface area contributed by atoms with Crippen molar-refractivity contribution in [1.82, 2.24) is 9.55 Å². The first kappa shape index (κ1) is 22.8. The van der Waals surface area contributed by atoms with Crippen LogP contribution in [0.2, 0.25) is 5.02 Å². The molecule has 2 aromatic carbocycles. The Labute approximate surface area is 199 Å². The summed E-state index contributed by atoms with van der Waals surface area (Å²) in [6, 6.07) is 14.8. The molecule has 166 valence electrons. The van der Waals surface area contributed by atoms with Crippen LogP contribution in [0.3, 0.4) is 0 Å². The number of amides is 1. The van der Waals surface area contributed by atoms with Crippen molar-refractivity contribution in [1.29, 1.82) is 0 Å². The molecule has 0 spiro atoms. The van der Waals surface area contributed by atoms with E-state index < -0.39 is 0 Å². The molecule has 3 aromatic rings. The second-order valence-corrected chi connectivity index (χ2v) is 10.2. The zero-order valence-electron chi connectivity index (χ0n) is 17.6. The molecular weight excluding hydrogens is 466 g/mol. The number of carbonyl (C=O) groups is 1. The second kappa shape index (κ2) is 10.0. The van der Waals surface area contributed by atoms with Gasteiger partial charge in [-0.15, -0.1) is 11.8 Å². The quantitative estimate of drug-likeness (QED) is 0.384. The van der Waals surface area contributed by atoms with E-state index in [0.29, 0.717) is 38.3 Å². The van der Waals surface area contributed by atoms with E-state index >= 15 is 0 Å². The van der Waals surface area contributed by atoms with E-state index in [9.17, 15) is 9.59 Å². The lowest BCUT2D eigenvalue weighted by Gasteiger charge is -2.14. The Kier molecular flexibility index (Phi) is 7.13. The lowest BCUT2D eigenvalue weighted by atomic mass is 10.2. The van der Waals surface area contributed by atoms with Crippen molar-refractivity contribution in [2.75, 3.05) is 18.2 Å². The van der Waals surface area contributed by atoms with E-state index in [2.05, 4.69) is 12.2 Å². The molecule has 6 nitrogen and oxygen atoms in total. The van der Waals surface area contributed by atoms with Gasteiger partial charge < -0.3 is 10.1 Å². The molecule has 1 atom stereocenters. The summed E-state index contributed by atoms with van der Waals surface area (Å²) < 4.78 is 6.95. The maximum absolute atomic E-state index is 13.2. The molecule has 1 aromatic heterocycles. The summed E-state index contributed by atoms with van der Waals surface area (Å²) >= 11 is 8.87. The van der Waals surface area contributed by atoms with Crippen molar-refractivity contribution in [3.8, 4) is 5.75 Å². The Balaban J connectivity index is 1.57. The number of hydrogen-bond acceptors (Lipinski definition) is 6. The van der Waals surface area contributed by atoms with E-state index in [0.717, 1.165) is 17.7 Å². The number of thioether (sulfide) groups is 2. The van der Waals surface area contributed by atoms with Crippen LogP contribution < -0.4 is 15.6 Å². The molecule has 1 amide bonds. The van der Waals surface area contributed by atoms with Gasteiger partial charge >= 0.3 is 0 Å². The summed E-state index contributed by atoms with van der Waals surface area (Å²) in [5.74, 6) is 0.382. The van der Waals surface area contributed by atoms with E-state index in [4.69, 9.17) is 21.3 Å². The number of hydrogen-bond donors (Lipinski definition) is 1. The van der Waals surface area contributed by atoms with Crippen LogP contribution in [0.4, 0.5) is 5.69 Å². The van der Waals surface area contributed by atoms with Crippen LogP contribution >= 0.6 is 35.1 Å². The van der Waals surface area contributed by atoms with E-state index in [1.807, 2.05) is 30.3 Å². The molecule has 0 fully saturated rings. The summed E-state index contributed by atoms with van der Waals surface area (Å²) in [4.78, 5) is 31.4. The minimum Gasteiger partial charge on any atom is -0.495 e. The van der Waals surface area contributed by atoms with Crippen LogP contribution in [0.25, 0.3) is 0 Å². The highest BCUT2D eigenvalue weighted by Crippen LogP contribution is 2.34. The molecule has 0 aliphatic carbocycles. The normalized spacial score (nSPS) is 14.8. The van der Waals surface area contributed by atoms with Gasteiger partial charge in [0, 0.05) is 16.7 Å². The molecule has 32 heavy (non-hydrogen) atoms. The zero-order chi connectivity index (χ0) is 22.7. The summed E-state index contributed by atoms with van der Waals surface area (Å²) in [6.45, 7) is 2.49. The van der Waals surface area contributed by atoms with Crippen LogP contribution in [-0.2, 0) is 17.8 Å². The summed E-state index contributed by atoms with van der Waals surface area (Å²) in [6.07, 6.45) is 0.751. The molecule has 1 N–H and O–H groups in total. The SMILES string of the molecule is COc1ccc(Cl)cc1NC(=O)CSc1nc2c(c(=O)n1Cc1ccccc1)S[C@H](C)C2. The van der Waals surface area contributed by atoms with E-state index in [1.165, 1.54) is 18.9 Å². The van der Waals surface area contributed by atoms with Gasteiger partial charge in [-0.1, -0.05) is 60.6 Å². The number of nitrogens with one attached hydrogen (secondary N) is 1. The lowest BCUT2D eigenvalue weighted by molar-refractivity contribution is -0.113. The van der Waals surface area contributed by atoms with Crippen molar-refractivity contribution >= 4 is 46.7 Å². The van der Waals surface area contributed by atoms with Crippen LogP contribution in [0.15, 0.2) is 63.4 Å². The topological polar surface area (TPSA) is 73.2 Å². The maximum Gasteiger partial charge on any atom is 0.268 e. The number of benzene rings is 2. The molecule has 0 radical (unpaired) electrons. The second-order valence-electron chi connectivity index (χ2n) is 7.36. The molecule has 1 aliphatic rings.